The molecule has 17 heavy (non-hydrogen) atoms. The Bertz CT molecular complexity index is 583. The Labute approximate surface area is 98.3 Å². The minimum Gasteiger partial charge on any atom is -0.268 e. The molecule has 2 rings (SSSR count). The summed E-state index contributed by atoms with van der Waals surface area (Å²) in [4.78, 5) is 15.6. The Morgan fingerprint density at radius 1 is 1.47 bits per heavy atom. The average molecular weight is 258 g/mol. The van der Waals surface area contributed by atoms with Crippen LogP contribution < -0.4 is 0 Å². The first-order valence-electron chi connectivity index (χ1n) is 5.04. The van der Waals surface area contributed by atoms with Crippen LogP contribution in [-0.2, 0) is 15.8 Å². The van der Waals surface area contributed by atoms with Crippen molar-refractivity contribution in [2.24, 2.45) is 0 Å². The van der Waals surface area contributed by atoms with Gasteiger partial charge in [-0.3, -0.25) is 9.78 Å². The summed E-state index contributed by atoms with van der Waals surface area (Å²) >= 11 is 0. The third kappa shape index (κ3) is 1.90. The number of nitrogens with zero attached hydrogens (tertiary/aromatic N) is 2. The van der Waals surface area contributed by atoms with Crippen molar-refractivity contribution in [3.63, 3.8) is 0 Å². The molecule has 0 fully saturated rings. The van der Waals surface area contributed by atoms with Gasteiger partial charge in [0.2, 0.25) is 10.0 Å². The lowest BCUT2D eigenvalue weighted by Gasteiger charge is -2.30. The van der Waals surface area contributed by atoms with E-state index in [1.807, 2.05) is 0 Å². The minimum absolute atomic E-state index is 0.0218. The fourth-order valence-electron chi connectivity index (χ4n) is 1.81. The summed E-state index contributed by atoms with van der Waals surface area (Å²) < 4.78 is 37.5. The molecule has 0 spiro atoms. The van der Waals surface area contributed by atoms with Crippen LogP contribution in [-0.4, -0.2) is 29.7 Å². The highest BCUT2D eigenvalue weighted by Crippen LogP contribution is 2.25. The number of halogens is 1. The van der Waals surface area contributed by atoms with Gasteiger partial charge in [0, 0.05) is 6.04 Å². The molecule has 0 saturated heterocycles. The fourth-order valence-corrected chi connectivity index (χ4v) is 3.52. The lowest BCUT2D eigenvalue weighted by Crippen LogP contribution is -2.46. The maximum absolute atomic E-state index is 13.0. The first-order chi connectivity index (χ1) is 7.83. The van der Waals surface area contributed by atoms with E-state index >= 15 is 0 Å². The first-order valence-corrected chi connectivity index (χ1v) is 6.64. The van der Waals surface area contributed by atoms with E-state index in [1.165, 1.54) is 0 Å². The minimum atomic E-state index is -3.70. The molecule has 1 aliphatic heterocycles. The van der Waals surface area contributed by atoms with Crippen LogP contribution in [0.1, 0.15) is 29.9 Å². The second kappa shape index (κ2) is 3.76. The normalized spacial score (nSPS) is 18.4. The van der Waals surface area contributed by atoms with Crippen LogP contribution in [0.15, 0.2) is 12.3 Å². The van der Waals surface area contributed by atoms with Crippen molar-refractivity contribution < 1.29 is 17.6 Å². The van der Waals surface area contributed by atoms with Crippen LogP contribution in [0, 0.1) is 5.82 Å². The number of fused-ring (bicyclic) bond motifs is 1. The van der Waals surface area contributed by atoms with Gasteiger partial charge in [-0.15, -0.1) is 0 Å². The molecule has 7 heteroatoms. The molecular weight excluding hydrogens is 247 g/mol. The number of pyridine rings is 1. The molecule has 0 bridgehead atoms. The van der Waals surface area contributed by atoms with Crippen molar-refractivity contribution in [1.82, 2.24) is 9.29 Å². The smallest absolute Gasteiger partial charge is 0.268 e. The number of aromatic nitrogens is 1. The van der Waals surface area contributed by atoms with E-state index in [4.69, 9.17) is 0 Å². The van der Waals surface area contributed by atoms with Gasteiger partial charge in [0.15, 0.2) is 0 Å². The van der Waals surface area contributed by atoms with E-state index < -0.39 is 27.8 Å². The maximum atomic E-state index is 13.0. The van der Waals surface area contributed by atoms with Crippen molar-refractivity contribution in [3.05, 3.63) is 29.3 Å². The number of sulfonamides is 1. The summed E-state index contributed by atoms with van der Waals surface area (Å²) in [5.41, 5.74) is 0.127. The maximum Gasteiger partial charge on any atom is 0.269 e. The quantitative estimate of drug-likeness (QED) is 0.751. The SMILES string of the molecule is CC(C)N1C(=O)c2cc(F)cnc2CS1(=O)=O. The zero-order valence-electron chi connectivity index (χ0n) is 9.34. The average Bonchev–Trinajstić information content (AvgIpc) is 2.17. The van der Waals surface area contributed by atoms with Crippen molar-refractivity contribution in [2.75, 3.05) is 0 Å². The van der Waals surface area contributed by atoms with Crippen molar-refractivity contribution in [2.45, 2.75) is 25.6 Å². The molecule has 2 heterocycles. The Kier molecular flexibility index (Phi) is 2.65. The number of amides is 1. The van der Waals surface area contributed by atoms with Gasteiger partial charge in [0.25, 0.3) is 5.91 Å². The van der Waals surface area contributed by atoms with E-state index in [-0.39, 0.29) is 17.0 Å². The molecule has 0 atom stereocenters. The van der Waals surface area contributed by atoms with E-state index in [2.05, 4.69) is 4.98 Å². The van der Waals surface area contributed by atoms with Gasteiger partial charge in [-0.25, -0.2) is 17.1 Å². The van der Waals surface area contributed by atoms with Crippen LogP contribution in [0.2, 0.25) is 0 Å². The van der Waals surface area contributed by atoms with E-state index in [0.717, 1.165) is 16.6 Å². The van der Waals surface area contributed by atoms with Gasteiger partial charge in [0.05, 0.1) is 17.5 Å². The number of carbonyl (C=O) groups is 1. The molecule has 1 aromatic heterocycles. The molecule has 0 radical (unpaired) electrons. The molecular formula is C10H11FN2O3S. The van der Waals surface area contributed by atoms with E-state index in [0.29, 0.717) is 0 Å². The molecule has 0 aliphatic carbocycles. The Hall–Kier alpha value is -1.50. The standard InChI is InChI=1S/C10H11FN2O3S/c1-6(2)13-10(14)8-3-7(11)4-12-9(8)5-17(13,15)16/h3-4,6H,5H2,1-2H3. The molecule has 0 N–H and O–H groups in total. The molecule has 0 aromatic carbocycles. The summed E-state index contributed by atoms with van der Waals surface area (Å²) in [6, 6.07) is 0.526. The largest absolute Gasteiger partial charge is 0.269 e. The monoisotopic (exact) mass is 258 g/mol. The van der Waals surface area contributed by atoms with E-state index in [1.54, 1.807) is 13.8 Å². The van der Waals surface area contributed by atoms with Crippen LogP contribution in [0.25, 0.3) is 0 Å². The zero-order chi connectivity index (χ0) is 12.8. The Morgan fingerprint density at radius 3 is 2.71 bits per heavy atom. The Morgan fingerprint density at radius 2 is 2.12 bits per heavy atom. The van der Waals surface area contributed by atoms with Gasteiger partial charge in [0.1, 0.15) is 11.6 Å². The second-order valence-corrected chi connectivity index (χ2v) is 5.94. The summed E-state index contributed by atoms with van der Waals surface area (Å²) in [6.45, 7) is 3.18. The highest BCUT2D eigenvalue weighted by Gasteiger charge is 2.38. The van der Waals surface area contributed by atoms with Crippen molar-refractivity contribution in [3.8, 4) is 0 Å². The molecule has 1 aliphatic rings. The highest BCUT2D eigenvalue weighted by molar-refractivity contribution is 7.89. The molecule has 5 nitrogen and oxygen atoms in total. The number of hydrogen-bond donors (Lipinski definition) is 0. The van der Waals surface area contributed by atoms with E-state index in [9.17, 15) is 17.6 Å². The van der Waals surface area contributed by atoms with Gasteiger partial charge in [-0.05, 0) is 19.9 Å². The lowest BCUT2D eigenvalue weighted by molar-refractivity contribution is 0.0828. The molecule has 1 aromatic rings. The number of carbonyl (C=O) groups excluding carboxylic acids is 1. The van der Waals surface area contributed by atoms with Crippen molar-refractivity contribution in [1.29, 1.82) is 0 Å². The van der Waals surface area contributed by atoms with Gasteiger partial charge in [-0.2, -0.15) is 0 Å². The second-order valence-electron chi connectivity index (χ2n) is 4.10. The van der Waals surface area contributed by atoms with Crippen LogP contribution in [0.4, 0.5) is 4.39 Å². The summed E-state index contributed by atoms with van der Waals surface area (Å²) in [5.74, 6) is -1.74. The number of rotatable bonds is 1. The van der Waals surface area contributed by atoms with Crippen LogP contribution >= 0.6 is 0 Å². The summed E-state index contributed by atoms with van der Waals surface area (Å²) in [7, 11) is -3.70. The highest BCUT2D eigenvalue weighted by atomic mass is 32.2. The lowest BCUT2D eigenvalue weighted by atomic mass is 10.1. The third-order valence-electron chi connectivity index (χ3n) is 2.46. The fraction of sp³-hybridized carbons (Fsp3) is 0.400. The molecule has 92 valence electrons. The molecule has 1 amide bonds. The van der Waals surface area contributed by atoms with Gasteiger partial charge in [-0.1, -0.05) is 0 Å². The third-order valence-corrected chi connectivity index (χ3v) is 4.28. The van der Waals surface area contributed by atoms with Gasteiger partial charge < -0.3 is 0 Å². The summed E-state index contributed by atoms with van der Waals surface area (Å²) in [5, 5.41) is 0. The van der Waals surface area contributed by atoms with Gasteiger partial charge >= 0.3 is 0 Å². The topological polar surface area (TPSA) is 67.3 Å². The Balaban J connectivity index is 2.62. The summed E-state index contributed by atoms with van der Waals surface area (Å²) in [6.07, 6.45) is 0.909. The zero-order valence-corrected chi connectivity index (χ0v) is 10.2. The number of hydrogen-bond acceptors (Lipinski definition) is 4. The van der Waals surface area contributed by atoms with Crippen LogP contribution in [0.5, 0.6) is 0 Å². The molecule has 0 saturated carbocycles. The first kappa shape index (κ1) is 12.0. The predicted molar refractivity (Wildman–Crippen MR) is 58.1 cm³/mol. The molecule has 0 unspecified atom stereocenters. The van der Waals surface area contributed by atoms with Crippen molar-refractivity contribution >= 4 is 15.9 Å². The van der Waals surface area contributed by atoms with Crippen LogP contribution in [0.3, 0.4) is 0 Å². The predicted octanol–water partition coefficient (Wildman–Crippen LogP) is 0.915.